The van der Waals surface area contributed by atoms with Crippen molar-refractivity contribution in [3.63, 3.8) is 0 Å². The van der Waals surface area contributed by atoms with Gasteiger partial charge in [-0.3, -0.25) is 8.37 Å². The van der Waals surface area contributed by atoms with Crippen molar-refractivity contribution in [2.24, 2.45) is 0 Å². The van der Waals surface area contributed by atoms with Gasteiger partial charge in [0.05, 0.1) is 19.1 Å². The maximum atomic E-state index is 11.1. The van der Waals surface area contributed by atoms with E-state index in [1.165, 1.54) is 7.11 Å². The summed E-state index contributed by atoms with van der Waals surface area (Å²) < 4.78 is 63.2. The van der Waals surface area contributed by atoms with Crippen molar-refractivity contribution in [2.75, 3.05) is 26.2 Å². The number of hydrogen-bond acceptors (Lipinski definition) is 10. The largest absolute Gasteiger partial charge is 0.387 e. The van der Waals surface area contributed by atoms with Crippen molar-refractivity contribution in [3.8, 4) is 0 Å². The quantitative estimate of drug-likeness (QED) is 0.489. The molecule has 0 saturated carbocycles. The summed E-state index contributed by atoms with van der Waals surface area (Å²) in [5, 5.41) is 19.7. The van der Waals surface area contributed by atoms with E-state index in [0.717, 1.165) is 12.5 Å². The molecule has 0 spiro atoms. The van der Waals surface area contributed by atoms with E-state index in [9.17, 15) is 27.0 Å². The van der Waals surface area contributed by atoms with E-state index >= 15 is 0 Å². The number of hydrogen-bond donors (Lipinski definition) is 2. The Hall–Kier alpha value is -0.340. The van der Waals surface area contributed by atoms with Crippen LogP contribution < -0.4 is 0 Å². The predicted octanol–water partition coefficient (Wildman–Crippen LogP) is -2.60. The Kier molecular flexibility index (Phi) is 6.08. The summed E-state index contributed by atoms with van der Waals surface area (Å²) in [6.45, 7) is -0.567. The summed E-state index contributed by atoms with van der Waals surface area (Å²) >= 11 is 0. The van der Waals surface area contributed by atoms with Crippen molar-refractivity contribution in [1.29, 1.82) is 0 Å². The molecule has 0 unspecified atom stereocenters. The van der Waals surface area contributed by atoms with Gasteiger partial charge >= 0.3 is 0 Å². The van der Waals surface area contributed by atoms with Gasteiger partial charge in [-0.05, 0) is 0 Å². The van der Waals surface area contributed by atoms with Gasteiger partial charge in [-0.15, -0.1) is 0 Å². The molecule has 0 amide bonds. The molecule has 10 nitrogen and oxygen atoms in total. The Morgan fingerprint density at radius 1 is 1.05 bits per heavy atom. The first-order chi connectivity index (χ1) is 9.44. The SMILES string of the molecule is CO[C@H]1O[C@H](COS(C)(=O)=O)[C@@H](O)[C@H](O)[C@H]1OS(C)(=O)=O. The molecule has 1 saturated heterocycles. The Morgan fingerprint density at radius 2 is 1.62 bits per heavy atom. The lowest BCUT2D eigenvalue weighted by molar-refractivity contribution is -0.286. The molecule has 0 radical (unpaired) electrons. The van der Waals surface area contributed by atoms with Crippen LogP contribution in [0.5, 0.6) is 0 Å². The minimum Gasteiger partial charge on any atom is -0.387 e. The van der Waals surface area contributed by atoms with Gasteiger partial charge in [0.1, 0.15) is 18.3 Å². The van der Waals surface area contributed by atoms with Gasteiger partial charge in [-0.2, -0.15) is 16.8 Å². The second kappa shape index (κ2) is 6.83. The maximum absolute atomic E-state index is 11.1. The third kappa shape index (κ3) is 5.75. The molecular weight excluding hydrogens is 332 g/mol. The molecule has 0 aromatic rings. The second-order valence-corrected chi connectivity index (χ2v) is 7.76. The van der Waals surface area contributed by atoms with Crippen LogP contribution in [0.25, 0.3) is 0 Å². The third-order valence-corrected chi connectivity index (χ3v) is 3.75. The highest BCUT2D eigenvalue weighted by atomic mass is 32.2. The van der Waals surface area contributed by atoms with Crippen LogP contribution in [0.2, 0.25) is 0 Å². The molecule has 0 bridgehead atoms. The van der Waals surface area contributed by atoms with Gasteiger partial charge in [0, 0.05) is 7.11 Å². The van der Waals surface area contributed by atoms with Gasteiger partial charge < -0.3 is 19.7 Å². The Bertz CT molecular complexity index is 537. The van der Waals surface area contributed by atoms with Crippen LogP contribution in [0, 0.1) is 0 Å². The van der Waals surface area contributed by atoms with E-state index in [-0.39, 0.29) is 0 Å². The highest BCUT2D eigenvalue weighted by Gasteiger charge is 2.47. The molecule has 1 rings (SSSR count). The fourth-order valence-corrected chi connectivity index (χ4v) is 2.72. The van der Waals surface area contributed by atoms with E-state index in [0.29, 0.717) is 0 Å². The van der Waals surface area contributed by atoms with Crippen LogP contribution in [0.3, 0.4) is 0 Å². The first kappa shape index (κ1) is 18.7. The zero-order chi connectivity index (χ0) is 16.4. The Balaban J connectivity index is 2.84. The van der Waals surface area contributed by atoms with Crippen LogP contribution in [0.15, 0.2) is 0 Å². The topological polar surface area (TPSA) is 146 Å². The first-order valence-electron chi connectivity index (χ1n) is 5.71. The summed E-state index contributed by atoms with van der Waals surface area (Å²) in [5.74, 6) is 0. The Labute approximate surface area is 122 Å². The summed E-state index contributed by atoms with van der Waals surface area (Å²) in [6.07, 6.45) is -5.78. The van der Waals surface area contributed by atoms with E-state index in [4.69, 9.17) is 9.47 Å². The number of methoxy groups -OCH3 is 1. The summed E-state index contributed by atoms with van der Waals surface area (Å²) in [7, 11) is -6.54. The lowest BCUT2D eigenvalue weighted by Crippen LogP contribution is -2.60. The molecule has 1 aliphatic heterocycles. The summed E-state index contributed by atoms with van der Waals surface area (Å²) in [5.41, 5.74) is 0. The molecule has 1 heterocycles. The highest BCUT2D eigenvalue weighted by Crippen LogP contribution is 2.25. The highest BCUT2D eigenvalue weighted by molar-refractivity contribution is 7.86. The maximum Gasteiger partial charge on any atom is 0.264 e. The molecule has 1 aliphatic rings. The van der Waals surface area contributed by atoms with Crippen molar-refractivity contribution >= 4 is 20.2 Å². The van der Waals surface area contributed by atoms with Gasteiger partial charge in [0.25, 0.3) is 20.2 Å². The standard InChI is InChI=1S/C9H18O10S2/c1-16-9-8(19-21(3,14)15)7(11)6(10)5(18-9)4-17-20(2,12)13/h5-11H,4H2,1-3H3/t5-,6-,7+,8-,9+/m1/s1. The van der Waals surface area contributed by atoms with Crippen molar-refractivity contribution in [2.45, 2.75) is 30.7 Å². The molecule has 12 heteroatoms. The zero-order valence-corrected chi connectivity index (χ0v) is 13.2. The minimum absolute atomic E-state index is 0.567. The van der Waals surface area contributed by atoms with Crippen LogP contribution in [-0.4, -0.2) is 84.0 Å². The molecule has 1 fully saturated rings. The third-order valence-electron chi connectivity index (χ3n) is 2.61. The minimum atomic E-state index is -3.93. The molecule has 0 aromatic carbocycles. The van der Waals surface area contributed by atoms with Gasteiger partial charge in [-0.1, -0.05) is 0 Å². The zero-order valence-electron chi connectivity index (χ0n) is 11.6. The average Bonchev–Trinajstić information content (AvgIpc) is 2.31. The smallest absolute Gasteiger partial charge is 0.264 e. The summed E-state index contributed by atoms with van der Waals surface area (Å²) in [6, 6.07) is 0. The lowest BCUT2D eigenvalue weighted by atomic mass is 9.99. The predicted molar refractivity (Wildman–Crippen MR) is 68.2 cm³/mol. The second-order valence-electron chi connectivity index (χ2n) is 4.51. The number of aliphatic hydroxyl groups excluding tert-OH is 2. The molecule has 21 heavy (non-hydrogen) atoms. The van der Waals surface area contributed by atoms with Gasteiger partial charge in [-0.25, -0.2) is 0 Å². The van der Waals surface area contributed by atoms with Crippen molar-refractivity contribution in [3.05, 3.63) is 0 Å². The molecule has 5 atom stereocenters. The van der Waals surface area contributed by atoms with Gasteiger partial charge in [0.15, 0.2) is 12.4 Å². The molecule has 126 valence electrons. The molecule has 0 aromatic heterocycles. The molecule has 0 aliphatic carbocycles. The van der Waals surface area contributed by atoms with E-state index < -0.39 is 57.5 Å². The van der Waals surface area contributed by atoms with Crippen LogP contribution in [0.4, 0.5) is 0 Å². The average molecular weight is 350 g/mol. The first-order valence-corrected chi connectivity index (χ1v) is 9.35. The van der Waals surface area contributed by atoms with Crippen molar-refractivity contribution in [1.82, 2.24) is 0 Å². The fourth-order valence-electron chi connectivity index (χ4n) is 1.73. The van der Waals surface area contributed by atoms with E-state index in [2.05, 4.69) is 8.37 Å². The fraction of sp³-hybridized carbons (Fsp3) is 1.00. The monoisotopic (exact) mass is 350 g/mol. The Morgan fingerprint density at radius 3 is 2.05 bits per heavy atom. The normalized spacial score (nSPS) is 34.8. The molecular formula is C9H18O10S2. The summed E-state index contributed by atoms with van der Waals surface area (Å²) in [4.78, 5) is 0. The van der Waals surface area contributed by atoms with Crippen LogP contribution >= 0.6 is 0 Å². The van der Waals surface area contributed by atoms with E-state index in [1.54, 1.807) is 0 Å². The lowest BCUT2D eigenvalue weighted by Gasteiger charge is -2.40. The number of aliphatic hydroxyl groups is 2. The number of rotatable bonds is 6. The molecule has 2 N–H and O–H groups in total. The number of ether oxygens (including phenoxy) is 2. The van der Waals surface area contributed by atoms with Crippen LogP contribution in [0.1, 0.15) is 0 Å². The van der Waals surface area contributed by atoms with Crippen molar-refractivity contribution < 1.29 is 44.9 Å². The van der Waals surface area contributed by atoms with Crippen LogP contribution in [-0.2, 0) is 38.1 Å². The van der Waals surface area contributed by atoms with E-state index in [1.807, 2.05) is 0 Å². The van der Waals surface area contributed by atoms with Gasteiger partial charge in [0.2, 0.25) is 0 Å².